The van der Waals surface area contributed by atoms with Crippen molar-refractivity contribution < 1.29 is 9.53 Å². The van der Waals surface area contributed by atoms with Gasteiger partial charge in [-0.2, -0.15) is 5.10 Å². The molecule has 0 saturated heterocycles. The Balaban J connectivity index is 1.80. The molecule has 132 valence electrons. The summed E-state index contributed by atoms with van der Waals surface area (Å²) < 4.78 is 7.69. The Morgan fingerprint density at radius 2 is 2.08 bits per heavy atom. The first-order valence-corrected chi connectivity index (χ1v) is 8.41. The highest BCUT2D eigenvalue weighted by Crippen LogP contribution is 2.35. The fraction of sp³-hybridized carbons (Fsp3) is 0.263. The smallest absolute Gasteiger partial charge is 0.275 e. The van der Waals surface area contributed by atoms with Crippen molar-refractivity contribution in [3.63, 3.8) is 0 Å². The third-order valence-electron chi connectivity index (χ3n) is 4.73. The summed E-state index contributed by atoms with van der Waals surface area (Å²) in [5, 5.41) is 7.82. The molecule has 0 aliphatic carbocycles. The van der Waals surface area contributed by atoms with Gasteiger partial charge in [0.2, 0.25) is 0 Å². The number of nitrogens with zero attached hydrogens (tertiary/aromatic N) is 5. The Labute approximate surface area is 151 Å². The van der Waals surface area contributed by atoms with Crippen LogP contribution in [0.5, 0.6) is 5.75 Å². The average molecular weight is 349 g/mol. The van der Waals surface area contributed by atoms with Crippen LogP contribution in [0, 0.1) is 6.92 Å². The molecule has 4 rings (SSSR count). The van der Waals surface area contributed by atoms with Gasteiger partial charge in [0.15, 0.2) is 5.69 Å². The van der Waals surface area contributed by atoms with Gasteiger partial charge in [-0.1, -0.05) is 18.2 Å². The van der Waals surface area contributed by atoms with E-state index in [0.717, 1.165) is 22.8 Å². The predicted molar refractivity (Wildman–Crippen MR) is 94.6 cm³/mol. The lowest BCUT2D eigenvalue weighted by atomic mass is 10.0. The highest BCUT2D eigenvalue weighted by Gasteiger charge is 2.34. The number of para-hydroxylation sites is 1. The molecule has 3 aromatic rings. The number of hydrogen-bond acceptors (Lipinski definition) is 5. The van der Waals surface area contributed by atoms with Gasteiger partial charge in [-0.05, 0) is 25.1 Å². The van der Waals surface area contributed by atoms with Gasteiger partial charge < -0.3 is 14.2 Å². The van der Waals surface area contributed by atoms with E-state index in [0.29, 0.717) is 18.8 Å². The average Bonchev–Trinajstić information content (AvgIpc) is 3.07. The quantitative estimate of drug-likeness (QED) is 0.726. The number of benzene rings is 1. The summed E-state index contributed by atoms with van der Waals surface area (Å²) >= 11 is 0. The van der Waals surface area contributed by atoms with Crippen molar-refractivity contribution >= 4 is 5.91 Å². The molecule has 26 heavy (non-hydrogen) atoms. The summed E-state index contributed by atoms with van der Waals surface area (Å²) in [6, 6.07) is 11.0. The van der Waals surface area contributed by atoms with Gasteiger partial charge >= 0.3 is 0 Å². The molecule has 1 atom stereocenters. The van der Waals surface area contributed by atoms with Crippen LogP contribution in [-0.2, 0) is 13.1 Å². The van der Waals surface area contributed by atoms with Crippen LogP contribution in [0.1, 0.15) is 33.6 Å². The summed E-state index contributed by atoms with van der Waals surface area (Å²) in [7, 11) is 1.64. The van der Waals surface area contributed by atoms with Crippen molar-refractivity contribution in [2.75, 3.05) is 7.11 Å². The topological polar surface area (TPSA) is 73.1 Å². The predicted octanol–water partition coefficient (Wildman–Crippen LogP) is 2.39. The second-order valence-corrected chi connectivity index (χ2v) is 6.23. The fourth-order valence-electron chi connectivity index (χ4n) is 3.40. The molecule has 3 heterocycles. The number of methoxy groups -OCH3 is 1. The summed E-state index contributed by atoms with van der Waals surface area (Å²) in [5.41, 5.74) is 2.36. The molecule has 1 aliphatic rings. The largest absolute Gasteiger partial charge is 0.496 e. The molecule has 0 bridgehead atoms. The molecule has 7 nitrogen and oxygen atoms in total. The number of imidazole rings is 1. The van der Waals surface area contributed by atoms with Crippen LogP contribution >= 0.6 is 0 Å². The lowest BCUT2D eigenvalue weighted by Crippen LogP contribution is -2.42. The molecule has 0 unspecified atom stereocenters. The standard InChI is InChI=1S/C19H19N5O2/c1-13-10-20-18-12-24(19(25)15-7-5-9-21-22-15)16(11-23(13)18)14-6-3-4-8-17(14)26-2/h3-10,16H,11-12H2,1-2H3/t16-/m1/s1. The number of amides is 1. The SMILES string of the molecule is COc1ccccc1[C@H]1Cn2c(C)cnc2CN1C(=O)c1cccnn1. The monoisotopic (exact) mass is 349 g/mol. The van der Waals surface area contributed by atoms with E-state index in [2.05, 4.69) is 19.7 Å². The first-order valence-electron chi connectivity index (χ1n) is 8.41. The molecule has 1 aliphatic heterocycles. The van der Waals surface area contributed by atoms with Crippen LogP contribution in [0.2, 0.25) is 0 Å². The first-order chi connectivity index (χ1) is 12.7. The third kappa shape index (κ3) is 2.71. The lowest BCUT2D eigenvalue weighted by Gasteiger charge is -2.37. The third-order valence-corrected chi connectivity index (χ3v) is 4.73. The van der Waals surface area contributed by atoms with Crippen molar-refractivity contribution in [2.24, 2.45) is 0 Å². The van der Waals surface area contributed by atoms with Gasteiger partial charge in [-0.3, -0.25) is 4.79 Å². The van der Waals surface area contributed by atoms with E-state index < -0.39 is 0 Å². The maximum Gasteiger partial charge on any atom is 0.275 e. The normalized spacial score (nSPS) is 16.2. The zero-order valence-electron chi connectivity index (χ0n) is 14.7. The zero-order chi connectivity index (χ0) is 18.1. The number of aryl methyl sites for hydroxylation is 1. The molecule has 0 spiro atoms. The Morgan fingerprint density at radius 1 is 1.23 bits per heavy atom. The van der Waals surface area contributed by atoms with Crippen LogP contribution in [0.15, 0.2) is 48.8 Å². The highest BCUT2D eigenvalue weighted by atomic mass is 16.5. The van der Waals surface area contributed by atoms with E-state index in [4.69, 9.17) is 4.74 Å². The molecule has 0 N–H and O–H groups in total. The van der Waals surface area contributed by atoms with Gasteiger partial charge in [0.1, 0.15) is 11.6 Å². The molecule has 0 saturated carbocycles. The second kappa shape index (κ2) is 6.59. The number of carbonyl (C=O) groups is 1. The summed E-state index contributed by atoms with van der Waals surface area (Å²) in [4.78, 5) is 19.4. The van der Waals surface area contributed by atoms with Crippen LogP contribution in [0.3, 0.4) is 0 Å². The molecule has 7 heteroatoms. The number of carbonyl (C=O) groups excluding carboxylic acids is 1. The van der Waals surface area contributed by atoms with E-state index in [1.165, 1.54) is 0 Å². The van der Waals surface area contributed by atoms with Gasteiger partial charge in [-0.15, -0.1) is 5.10 Å². The maximum absolute atomic E-state index is 13.1. The number of rotatable bonds is 3. The number of aromatic nitrogens is 4. The Kier molecular flexibility index (Phi) is 4.12. The van der Waals surface area contributed by atoms with Crippen LogP contribution in [0.25, 0.3) is 0 Å². The Hall–Kier alpha value is -3.22. The van der Waals surface area contributed by atoms with Gasteiger partial charge in [0.05, 0.1) is 19.7 Å². The minimum atomic E-state index is -0.180. The van der Waals surface area contributed by atoms with Crippen molar-refractivity contribution in [1.82, 2.24) is 24.6 Å². The molecule has 1 amide bonds. The minimum Gasteiger partial charge on any atom is -0.496 e. The van der Waals surface area contributed by atoms with Gasteiger partial charge in [-0.25, -0.2) is 4.98 Å². The van der Waals surface area contributed by atoms with E-state index in [1.54, 1.807) is 30.3 Å². The summed E-state index contributed by atoms with van der Waals surface area (Å²) in [5.74, 6) is 1.46. The van der Waals surface area contributed by atoms with Crippen molar-refractivity contribution in [1.29, 1.82) is 0 Å². The van der Waals surface area contributed by atoms with E-state index in [-0.39, 0.29) is 11.9 Å². The molecule has 0 radical (unpaired) electrons. The zero-order valence-corrected chi connectivity index (χ0v) is 14.7. The maximum atomic E-state index is 13.1. The lowest BCUT2D eigenvalue weighted by molar-refractivity contribution is 0.0572. The second-order valence-electron chi connectivity index (χ2n) is 6.23. The molecular formula is C19H19N5O2. The number of ether oxygens (including phenoxy) is 1. The minimum absolute atomic E-state index is 0.166. The number of fused-ring (bicyclic) bond motifs is 1. The Morgan fingerprint density at radius 3 is 2.85 bits per heavy atom. The summed E-state index contributed by atoms with van der Waals surface area (Å²) in [6.07, 6.45) is 3.39. The van der Waals surface area contributed by atoms with E-state index in [1.807, 2.05) is 37.4 Å². The van der Waals surface area contributed by atoms with Crippen molar-refractivity contribution in [3.8, 4) is 5.75 Å². The molecule has 1 aromatic carbocycles. The van der Waals surface area contributed by atoms with Crippen molar-refractivity contribution in [3.05, 3.63) is 71.6 Å². The van der Waals surface area contributed by atoms with Crippen LogP contribution in [0.4, 0.5) is 0 Å². The Bertz CT molecular complexity index is 938. The molecule has 2 aromatic heterocycles. The number of hydrogen-bond donors (Lipinski definition) is 0. The summed E-state index contributed by atoms with van der Waals surface area (Å²) in [6.45, 7) is 3.05. The van der Waals surface area contributed by atoms with Gasteiger partial charge in [0.25, 0.3) is 5.91 Å². The highest BCUT2D eigenvalue weighted by molar-refractivity contribution is 5.92. The van der Waals surface area contributed by atoms with Gasteiger partial charge in [0, 0.05) is 30.2 Å². The van der Waals surface area contributed by atoms with E-state index in [9.17, 15) is 4.79 Å². The molecular weight excluding hydrogens is 330 g/mol. The van der Waals surface area contributed by atoms with Crippen molar-refractivity contribution in [2.45, 2.75) is 26.1 Å². The first kappa shape index (κ1) is 16.3. The molecule has 0 fully saturated rings. The fourth-order valence-corrected chi connectivity index (χ4v) is 3.40. The van der Waals surface area contributed by atoms with Crippen LogP contribution < -0.4 is 4.74 Å². The van der Waals surface area contributed by atoms with Crippen LogP contribution in [-0.4, -0.2) is 37.7 Å². The van der Waals surface area contributed by atoms with E-state index >= 15 is 0 Å².